The van der Waals surface area contributed by atoms with Crippen LogP contribution in [0.2, 0.25) is 0 Å². The van der Waals surface area contributed by atoms with E-state index in [9.17, 15) is 14.7 Å². The predicted molar refractivity (Wildman–Crippen MR) is 71.8 cm³/mol. The lowest BCUT2D eigenvalue weighted by atomic mass is 9.98. The van der Waals surface area contributed by atoms with Crippen molar-refractivity contribution in [2.75, 3.05) is 6.54 Å². The number of hydrogen-bond acceptors (Lipinski definition) is 2. The Hall–Kier alpha value is -1.84. The third-order valence-corrected chi connectivity index (χ3v) is 3.98. The summed E-state index contributed by atoms with van der Waals surface area (Å²) in [6, 6.07) is 9.01. The van der Waals surface area contributed by atoms with Crippen LogP contribution in [-0.2, 0) is 9.59 Å². The molecule has 1 unspecified atom stereocenters. The van der Waals surface area contributed by atoms with Gasteiger partial charge in [0.2, 0.25) is 5.91 Å². The highest BCUT2D eigenvalue weighted by Crippen LogP contribution is 2.48. The topological polar surface area (TPSA) is 66.4 Å². The quantitative estimate of drug-likeness (QED) is 0.824. The van der Waals surface area contributed by atoms with Gasteiger partial charge in [0.05, 0.1) is 5.92 Å². The van der Waals surface area contributed by atoms with Gasteiger partial charge in [0.25, 0.3) is 0 Å². The van der Waals surface area contributed by atoms with Crippen molar-refractivity contribution in [3.05, 3.63) is 35.9 Å². The van der Waals surface area contributed by atoms with E-state index in [0.29, 0.717) is 0 Å². The second-order valence-corrected chi connectivity index (χ2v) is 5.15. The molecule has 0 aliphatic heterocycles. The van der Waals surface area contributed by atoms with Gasteiger partial charge in [-0.1, -0.05) is 37.3 Å². The van der Waals surface area contributed by atoms with Crippen molar-refractivity contribution in [2.24, 2.45) is 5.41 Å². The average molecular weight is 261 g/mol. The van der Waals surface area contributed by atoms with Gasteiger partial charge in [0.1, 0.15) is 0 Å². The van der Waals surface area contributed by atoms with E-state index in [4.69, 9.17) is 0 Å². The van der Waals surface area contributed by atoms with Crippen molar-refractivity contribution >= 4 is 11.9 Å². The molecule has 1 amide bonds. The molecule has 2 N–H and O–H groups in total. The van der Waals surface area contributed by atoms with Crippen molar-refractivity contribution in [3.8, 4) is 0 Å². The molecule has 19 heavy (non-hydrogen) atoms. The van der Waals surface area contributed by atoms with Crippen LogP contribution in [0.4, 0.5) is 0 Å². The largest absolute Gasteiger partial charge is 0.481 e. The van der Waals surface area contributed by atoms with Crippen LogP contribution in [0, 0.1) is 5.41 Å². The molecule has 1 aromatic carbocycles. The minimum atomic E-state index is -0.909. The number of nitrogens with one attached hydrogen (secondary N) is 1. The van der Waals surface area contributed by atoms with Crippen molar-refractivity contribution in [3.63, 3.8) is 0 Å². The molecule has 1 aliphatic rings. The van der Waals surface area contributed by atoms with Gasteiger partial charge in [-0.05, 0) is 24.8 Å². The summed E-state index contributed by atoms with van der Waals surface area (Å²) in [7, 11) is 0. The number of carbonyl (C=O) groups is 2. The zero-order valence-corrected chi connectivity index (χ0v) is 11.1. The number of carbonyl (C=O) groups excluding carboxylic acids is 1. The Morgan fingerprint density at radius 2 is 1.95 bits per heavy atom. The molecular weight excluding hydrogens is 242 g/mol. The number of rotatable bonds is 6. The first-order valence-corrected chi connectivity index (χ1v) is 6.65. The van der Waals surface area contributed by atoms with Crippen LogP contribution in [0.3, 0.4) is 0 Å². The number of carboxylic acids is 1. The van der Waals surface area contributed by atoms with E-state index in [2.05, 4.69) is 5.32 Å². The maximum atomic E-state index is 12.0. The van der Waals surface area contributed by atoms with Crippen molar-refractivity contribution in [1.82, 2.24) is 5.32 Å². The highest BCUT2D eigenvalue weighted by molar-refractivity contribution is 5.86. The van der Waals surface area contributed by atoms with Crippen LogP contribution >= 0.6 is 0 Å². The molecule has 1 atom stereocenters. The lowest BCUT2D eigenvalue weighted by Gasteiger charge is -2.17. The summed E-state index contributed by atoms with van der Waals surface area (Å²) in [6.07, 6.45) is 2.65. The molecule has 4 nitrogen and oxygen atoms in total. The third kappa shape index (κ3) is 2.95. The van der Waals surface area contributed by atoms with Crippen LogP contribution in [0.25, 0.3) is 0 Å². The molecule has 102 valence electrons. The van der Waals surface area contributed by atoms with Crippen LogP contribution in [0.1, 0.15) is 37.7 Å². The zero-order valence-electron chi connectivity index (χ0n) is 11.1. The average Bonchev–Trinajstić information content (AvgIpc) is 3.20. The molecule has 0 heterocycles. The van der Waals surface area contributed by atoms with E-state index in [1.54, 1.807) is 12.1 Å². The maximum absolute atomic E-state index is 12.0. The molecule has 2 rings (SSSR count). The summed E-state index contributed by atoms with van der Waals surface area (Å²) in [5.74, 6) is -1.59. The Morgan fingerprint density at radius 1 is 1.32 bits per heavy atom. The van der Waals surface area contributed by atoms with Gasteiger partial charge in [-0.3, -0.25) is 9.59 Å². The molecule has 0 spiro atoms. The number of aliphatic carboxylic acids is 1. The van der Waals surface area contributed by atoms with Crippen LogP contribution in [-0.4, -0.2) is 23.5 Å². The van der Waals surface area contributed by atoms with Gasteiger partial charge >= 0.3 is 5.97 Å². The summed E-state index contributed by atoms with van der Waals surface area (Å²) in [5, 5.41) is 12.1. The second-order valence-electron chi connectivity index (χ2n) is 5.15. The van der Waals surface area contributed by atoms with E-state index in [1.807, 2.05) is 25.1 Å². The lowest BCUT2D eigenvalue weighted by molar-refractivity contribution is -0.138. The fraction of sp³-hybridized carbons (Fsp3) is 0.467. The Balaban J connectivity index is 1.99. The highest BCUT2D eigenvalue weighted by Gasteiger charge is 2.47. The molecule has 1 fully saturated rings. The number of carboxylic acid groups (broad SMARTS) is 1. The lowest BCUT2D eigenvalue weighted by Crippen LogP contribution is -2.36. The van der Waals surface area contributed by atoms with Gasteiger partial charge in [0, 0.05) is 12.0 Å². The third-order valence-electron chi connectivity index (χ3n) is 3.98. The van der Waals surface area contributed by atoms with E-state index >= 15 is 0 Å². The monoisotopic (exact) mass is 261 g/mol. The van der Waals surface area contributed by atoms with Gasteiger partial charge in [-0.15, -0.1) is 0 Å². The minimum Gasteiger partial charge on any atom is -0.481 e. The summed E-state index contributed by atoms with van der Waals surface area (Å²) in [5.41, 5.74) is 0.497. The first-order chi connectivity index (χ1) is 9.09. The first kappa shape index (κ1) is 13.6. The molecule has 0 radical (unpaired) electrons. The van der Waals surface area contributed by atoms with Gasteiger partial charge in [0.15, 0.2) is 0 Å². The molecule has 1 aromatic rings. The first-order valence-electron chi connectivity index (χ1n) is 6.65. The minimum absolute atomic E-state index is 0.00261. The maximum Gasteiger partial charge on any atom is 0.312 e. The van der Waals surface area contributed by atoms with Gasteiger partial charge in [-0.25, -0.2) is 0 Å². The fourth-order valence-electron chi connectivity index (χ4n) is 2.31. The van der Waals surface area contributed by atoms with E-state index in [1.165, 1.54) is 0 Å². The van der Waals surface area contributed by atoms with Gasteiger partial charge < -0.3 is 10.4 Å². The standard InChI is InChI=1S/C15H19NO3/c1-2-15(8-9-15)14(19)16-10-12(13(17)18)11-6-4-3-5-7-11/h3-7,12H,2,8-10H2,1H3,(H,16,19)(H,17,18). The molecule has 0 bridgehead atoms. The normalized spacial score (nSPS) is 17.5. The van der Waals surface area contributed by atoms with Crippen molar-refractivity contribution in [2.45, 2.75) is 32.1 Å². The van der Waals surface area contributed by atoms with Crippen LogP contribution < -0.4 is 5.32 Å². The van der Waals surface area contributed by atoms with Crippen molar-refractivity contribution < 1.29 is 14.7 Å². The molecular formula is C15H19NO3. The predicted octanol–water partition coefficient (Wildman–Crippen LogP) is 2.16. The van der Waals surface area contributed by atoms with E-state index in [0.717, 1.165) is 24.8 Å². The van der Waals surface area contributed by atoms with Gasteiger partial charge in [-0.2, -0.15) is 0 Å². The Labute approximate surface area is 112 Å². The molecule has 4 heteroatoms. The summed E-state index contributed by atoms with van der Waals surface area (Å²) in [6.45, 7) is 2.15. The van der Waals surface area contributed by atoms with E-state index in [-0.39, 0.29) is 17.9 Å². The number of hydrogen-bond donors (Lipinski definition) is 2. The van der Waals surface area contributed by atoms with Crippen LogP contribution in [0.5, 0.6) is 0 Å². The molecule has 0 saturated heterocycles. The zero-order chi connectivity index (χ0) is 13.9. The molecule has 1 saturated carbocycles. The Kier molecular flexibility index (Phi) is 3.88. The van der Waals surface area contributed by atoms with Crippen LogP contribution in [0.15, 0.2) is 30.3 Å². The Bertz CT molecular complexity index is 466. The Morgan fingerprint density at radius 3 is 2.42 bits per heavy atom. The summed E-state index contributed by atoms with van der Waals surface area (Å²) in [4.78, 5) is 23.3. The molecule has 0 aromatic heterocycles. The second kappa shape index (κ2) is 5.43. The highest BCUT2D eigenvalue weighted by atomic mass is 16.4. The SMILES string of the molecule is CCC1(C(=O)NCC(C(=O)O)c2ccccc2)CC1. The molecule has 1 aliphatic carbocycles. The van der Waals surface area contributed by atoms with E-state index < -0.39 is 11.9 Å². The summed E-state index contributed by atoms with van der Waals surface area (Å²) < 4.78 is 0. The number of amides is 1. The number of benzene rings is 1. The summed E-state index contributed by atoms with van der Waals surface area (Å²) >= 11 is 0. The fourth-order valence-corrected chi connectivity index (χ4v) is 2.31. The smallest absolute Gasteiger partial charge is 0.312 e. The van der Waals surface area contributed by atoms with Crippen molar-refractivity contribution in [1.29, 1.82) is 0 Å².